The van der Waals surface area contributed by atoms with Crippen molar-refractivity contribution in [3.63, 3.8) is 0 Å². The molecule has 0 spiro atoms. The van der Waals surface area contributed by atoms with Crippen molar-refractivity contribution in [2.75, 3.05) is 6.54 Å². The van der Waals surface area contributed by atoms with E-state index in [1.165, 1.54) is 11.4 Å². The number of benzene rings is 1. The van der Waals surface area contributed by atoms with Crippen LogP contribution in [-0.4, -0.2) is 16.8 Å². The Labute approximate surface area is 123 Å². The van der Waals surface area contributed by atoms with Crippen molar-refractivity contribution in [2.45, 2.75) is 40.5 Å². The van der Waals surface area contributed by atoms with Crippen LogP contribution in [0.5, 0.6) is 0 Å². The molecule has 0 atom stereocenters. The lowest BCUT2D eigenvalue weighted by molar-refractivity contribution is -0.440. The maximum Gasteiger partial charge on any atom is 0.205 e. The van der Waals surface area contributed by atoms with Crippen LogP contribution in [0.15, 0.2) is 54.4 Å². The highest BCUT2D eigenvalue weighted by Crippen LogP contribution is 2.12. The lowest BCUT2D eigenvalue weighted by Crippen LogP contribution is -2.16. The van der Waals surface area contributed by atoms with E-state index in [1.807, 2.05) is 0 Å². The van der Waals surface area contributed by atoms with E-state index >= 15 is 0 Å². The van der Waals surface area contributed by atoms with Crippen LogP contribution in [-0.2, 0) is 0 Å². The van der Waals surface area contributed by atoms with Gasteiger partial charge in [0.1, 0.15) is 6.54 Å². The van der Waals surface area contributed by atoms with Gasteiger partial charge in [0.25, 0.3) is 0 Å². The molecule has 1 aromatic rings. The zero-order chi connectivity index (χ0) is 15.0. The zero-order valence-corrected chi connectivity index (χ0v) is 13.2. The van der Waals surface area contributed by atoms with Crippen molar-refractivity contribution in [1.29, 1.82) is 0 Å². The fourth-order valence-electron chi connectivity index (χ4n) is 2.14. The normalized spacial score (nSPS) is 12.9. The molecule has 0 bridgehead atoms. The summed E-state index contributed by atoms with van der Waals surface area (Å²) in [5.74, 6) is 0. The van der Waals surface area contributed by atoms with Gasteiger partial charge in [0, 0.05) is 42.9 Å². The second-order valence-corrected chi connectivity index (χ2v) is 5.04. The molecule has 20 heavy (non-hydrogen) atoms. The summed E-state index contributed by atoms with van der Waals surface area (Å²) in [6, 6.07) is 10.5. The summed E-state index contributed by atoms with van der Waals surface area (Å²) in [4.78, 5) is 0. The molecule has 0 aliphatic carbocycles. The first-order valence-corrected chi connectivity index (χ1v) is 7.37. The molecule has 1 rings (SSSR count). The van der Waals surface area contributed by atoms with Crippen LogP contribution >= 0.6 is 0 Å². The molecule has 0 radical (unpaired) electrons. The topological polar surface area (TPSA) is 15.0 Å². The van der Waals surface area contributed by atoms with Gasteiger partial charge in [0.15, 0.2) is 5.71 Å². The molecule has 0 saturated carbocycles. The maximum atomic E-state index is 3.98. The molecule has 0 heterocycles. The van der Waals surface area contributed by atoms with Crippen molar-refractivity contribution in [2.24, 2.45) is 0 Å². The molecule has 2 heteroatoms. The van der Waals surface area contributed by atoms with Gasteiger partial charge in [-0.2, -0.15) is 4.58 Å². The summed E-state index contributed by atoms with van der Waals surface area (Å²) in [6.45, 7) is 13.6. The quantitative estimate of drug-likeness (QED) is 0.565. The van der Waals surface area contributed by atoms with E-state index in [0.29, 0.717) is 0 Å². The Hall–Kier alpha value is -1.83. The third-order valence-electron chi connectivity index (χ3n) is 3.17. The molecule has 1 N–H and O–H groups in total. The summed E-state index contributed by atoms with van der Waals surface area (Å²) < 4.78 is 2.35. The first-order chi connectivity index (χ1) is 9.58. The van der Waals surface area contributed by atoms with Gasteiger partial charge in [-0.05, 0) is 13.3 Å². The van der Waals surface area contributed by atoms with E-state index in [0.717, 1.165) is 30.8 Å². The Kier molecular flexibility index (Phi) is 6.78. The molecule has 0 saturated heterocycles. The number of hydrogen-bond donors (Lipinski definition) is 1. The minimum atomic E-state index is 0.946. The highest BCUT2D eigenvalue weighted by atomic mass is 15.0. The van der Waals surface area contributed by atoms with Crippen LogP contribution < -0.4 is 5.32 Å². The number of hydrogen-bond acceptors (Lipinski definition) is 1. The van der Waals surface area contributed by atoms with Gasteiger partial charge in [0.2, 0.25) is 5.69 Å². The molecular formula is C18H27N2+. The Morgan fingerprint density at radius 1 is 1.20 bits per heavy atom. The minimum absolute atomic E-state index is 0.946. The predicted molar refractivity (Wildman–Crippen MR) is 88.5 cm³/mol. The van der Waals surface area contributed by atoms with Crippen molar-refractivity contribution >= 4 is 11.4 Å². The summed E-state index contributed by atoms with van der Waals surface area (Å²) in [5, 5.41) is 3.33. The average Bonchev–Trinajstić information content (AvgIpc) is 2.45. The minimum Gasteiger partial charge on any atom is -0.363 e. The number of rotatable bonds is 7. The first-order valence-electron chi connectivity index (χ1n) is 7.37. The van der Waals surface area contributed by atoms with Crippen LogP contribution in [0.4, 0.5) is 5.69 Å². The van der Waals surface area contributed by atoms with Gasteiger partial charge in [-0.3, -0.25) is 0 Å². The second-order valence-electron chi connectivity index (χ2n) is 5.04. The number of nitrogens with one attached hydrogen (secondary N) is 1. The lowest BCUT2D eigenvalue weighted by Gasteiger charge is -2.08. The molecule has 0 aliphatic heterocycles. The highest BCUT2D eigenvalue weighted by Gasteiger charge is 2.11. The van der Waals surface area contributed by atoms with Gasteiger partial charge < -0.3 is 5.32 Å². The molecule has 0 amide bonds. The predicted octanol–water partition coefficient (Wildman–Crippen LogP) is 4.62. The van der Waals surface area contributed by atoms with Crippen molar-refractivity contribution in [1.82, 2.24) is 5.32 Å². The molecular weight excluding hydrogens is 244 g/mol. The van der Waals surface area contributed by atoms with Crippen molar-refractivity contribution in [3.8, 4) is 0 Å². The standard InChI is InChI=1S/C18H26N2/c1-6-13-20(18-11-9-8-10-12-18)17(5)14-16(4)19-15(3)7-2/h8-12,14H,3,6-7,13H2,1-2,4-5H3/p+1. The van der Waals surface area contributed by atoms with Crippen LogP contribution in [0.3, 0.4) is 0 Å². The molecule has 0 aromatic heterocycles. The molecule has 2 nitrogen and oxygen atoms in total. The largest absolute Gasteiger partial charge is 0.363 e. The number of nitrogens with zero attached hydrogens (tertiary/aromatic N) is 1. The van der Waals surface area contributed by atoms with E-state index in [4.69, 9.17) is 0 Å². The van der Waals surface area contributed by atoms with Crippen LogP contribution in [0.2, 0.25) is 0 Å². The Balaban J connectivity index is 3.04. The zero-order valence-electron chi connectivity index (χ0n) is 13.2. The highest BCUT2D eigenvalue weighted by molar-refractivity contribution is 5.89. The molecule has 0 fully saturated rings. The second kappa shape index (κ2) is 8.36. The van der Waals surface area contributed by atoms with Crippen molar-refractivity contribution in [3.05, 3.63) is 54.4 Å². The van der Waals surface area contributed by atoms with Gasteiger partial charge >= 0.3 is 0 Å². The maximum absolute atomic E-state index is 3.98. The lowest BCUT2D eigenvalue weighted by atomic mass is 10.2. The third-order valence-corrected chi connectivity index (χ3v) is 3.17. The van der Waals surface area contributed by atoms with Gasteiger partial charge in [0.05, 0.1) is 0 Å². The summed E-state index contributed by atoms with van der Waals surface area (Å²) >= 11 is 0. The van der Waals surface area contributed by atoms with Gasteiger partial charge in [-0.15, -0.1) is 0 Å². The van der Waals surface area contributed by atoms with Gasteiger partial charge in [-0.25, -0.2) is 0 Å². The van der Waals surface area contributed by atoms with Crippen LogP contribution in [0.25, 0.3) is 0 Å². The molecule has 1 aromatic carbocycles. The van der Waals surface area contributed by atoms with E-state index in [-0.39, 0.29) is 0 Å². The summed E-state index contributed by atoms with van der Waals surface area (Å²) in [5.41, 5.74) is 4.66. The molecule has 108 valence electrons. The van der Waals surface area contributed by atoms with E-state index < -0.39 is 0 Å². The monoisotopic (exact) mass is 271 g/mol. The van der Waals surface area contributed by atoms with Crippen LogP contribution in [0, 0.1) is 0 Å². The molecule has 0 aliphatic rings. The Morgan fingerprint density at radius 2 is 1.85 bits per heavy atom. The van der Waals surface area contributed by atoms with Crippen molar-refractivity contribution < 1.29 is 4.58 Å². The fourth-order valence-corrected chi connectivity index (χ4v) is 2.14. The smallest absolute Gasteiger partial charge is 0.205 e. The summed E-state index contributed by atoms with van der Waals surface area (Å²) in [6.07, 6.45) is 4.25. The van der Waals surface area contributed by atoms with Gasteiger partial charge in [-0.1, -0.05) is 38.6 Å². The van der Waals surface area contributed by atoms with E-state index in [9.17, 15) is 0 Å². The average molecular weight is 271 g/mol. The number of para-hydroxylation sites is 1. The molecule has 0 unspecified atom stereocenters. The Morgan fingerprint density at radius 3 is 2.40 bits per heavy atom. The SMILES string of the molecule is C=C(CC)N/C(C)=C\C(C)=[N+](CCC)c1ccccc1. The number of allylic oxidation sites excluding steroid dienone is 3. The third kappa shape index (κ3) is 5.04. The first kappa shape index (κ1) is 16.2. The summed E-state index contributed by atoms with van der Waals surface area (Å²) in [7, 11) is 0. The Bertz CT molecular complexity index is 495. The fraction of sp³-hybridized carbons (Fsp3) is 0.389. The van der Waals surface area contributed by atoms with E-state index in [1.54, 1.807) is 0 Å². The van der Waals surface area contributed by atoms with E-state index in [2.05, 4.69) is 80.6 Å². The van der Waals surface area contributed by atoms with Crippen LogP contribution in [0.1, 0.15) is 40.5 Å².